The number of benzene rings is 1. The number of thiophene rings is 1. The molecular weight excluding hydrogens is 392 g/mol. The molecule has 0 saturated carbocycles. The van der Waals surface area contributed by atoms with E-state index in [9.17, 15) is 13.2 Å². The molecule has 0 aliphatic carbocycles. The first kappa shape index (κ1) is 19.3. The molecule has 136 valence electrons. The van der Waals surface area contributed by atoms with Crippen LogP contribution >= 0.6 is 22.9 Å². The van der Waals surface area contributed by atoms with Crippen LogP contribution in [0.3, 0.4) is 0 Å². The third-order valence-corrected chi connectivity index (χ3v) is 6.01. The zero-order valence-corrected chi connectivity index (χ0v) is 15.8. The van der Waals surface area contributed by atoms with Crippen molar-refractivity contribution in [1.29, 1.82) is 0 Å². The maximum absolute atomic E-state index is 12.3. The number of hydrogen-bond acceptors (Lipinski definition) is 7. The average Bonchev–Trinajstić information content (AvgIpc) is 3.05. The Hall–Kier alpha value is -2.01. The maximum atomic E-state index is 12.3. The van der Waals surface area contributed by atoms with Crippen LogP contribution in [0.5, 0.6) is 17.2 Å². The average molecular weight is 407 g/mol. The van der Waals surface area contributed by atoms with Crippen LogP contribution in [0.4, 0.5) is 0 Å². The van der Waals surface area contributed by atoms with Gasteiger partial charge in [0.25, 0.3) is 15.9 Å². The van der Waals surface area contributed by atoms with Gasteiger partial charge >= 0.3 is 0 Å². The summed E-state index contributed by atoms with van der Waals surface area (Å²) in [6, 6.07) is 5.57. The van der Waals surface area contributed by atoms with E-state index in [4.69, 9.17) is 25.8 Å². The largest absolute Gasteiger partial charge is 0.493 e. The van der Waals surface area contributed by atoms with Crippen molar-refractivity contribution in [2.75, 3.05) is 21.3 Å². The molecule has 0 unspecified atom stereocenters. The standard InChI is InChI=1S/C14H15ClN2O6S2/c1-21-9-6-8(7-10(22-2)13(9)23-3)14(18)16-17-25(19,20)12-5-4-11(15)24-12/h4-7,17H,1-3H3,(H,16,18). The van der Waals surface area contributed by atoms with Crippen LogP contribution in [-0.4, -0.2) is 35.7 Å². The zero-order valence-electron chi connectivity index (χ0n) is 13.5. The molecule has 0 aliphatic rings. The second-order valence-electron chi connectivity index (χ2n) is 4.53. The number of halogens is 1. The van der Waals surface area contributed by atoms with Gasteiger partial charge in [-0.3, -0.25) is 10.2 Å². The number of amides is 1. The van der Waals surface area contributed by atoms with Gasteiger partial charge in [-0.15, -0.1) is 16.2 Å². The third-order valence-electron chi connectivity index (χ3n) is 3.04. The molecule has 0 fully saturated rings. The lowest BCUT2D eigenvalue weighted by atomic mass is 10.1. The predicted octanol–water partition coefficient (Wildman–Crippen LogP) is 2.05. The van der Waals surface area contributed by atoms with Crippen molar-refractivity contribution >= 4 is 38.9 Å². The quantitative estimate of drug-likeness (QED) is 0.682. The van der Waals surface area contributed by atoms with Crippen molar-refractivity contribution in [2.45, 2.75) is 4.21 Å². The number of ether oxygens (including phenoxy) is 3. The molecule has 2 rings (SSSR count). The molecule has 0 radical (unpaired) electrons. The lowest BCUT2D eigenvalue weighted by Crippen LogP contribution is -2.41. The Labute approximate surface area is 153 Å². The number of carbonyl (C=O) groups is 1. The molecule has 1 aromatic heterocycles. The molecule has 0 atom stereocenters. The van der Waals surface area contributed by atoms with Crippen molar-refractivity contribution in [3.63, 3.8) is 0 Å². The van der Waals surface area contributed by atoms with E-state index >= 15 is 0 Å². The van der Waals surface area contributed by atoms with Gasteiger partial charge in [-0.2, -0.15) is 0 Å². The highest BCUT2D eigenvalue weighted by Gasteiger charge is 2.20. The highest BCUT2D eigenvalue weighted by Crippen LogP contribution is 2.38. The van der Waals surface area contributed by atoms with E-state index in [1.807, 2.05) is 4.83 Å². The van der Waals surface area contributed by atoms with Gasteiger partial charge in [0.1, 0.15) is 4.21 Å². The van der Waals surface area contributed by atoms with E-state index in [2.05, 4.69) is 5.43 Å². The molecule has 1 aromatic carbocycles. The van der Waals surface area contributed by atoms with Gasteiger partial charge in [0.2, 0.25) is 5.75 Å². The monoisotopic (exact) mass is 406 g/mol. The minimum absolute atomic E-state index is 0.0253. The van der Waals surface area contributed by atoms with Crippen LogP contribution in [0.1, 0.15) is 10.4 Å². The van der Waals surface area contributed by atoms with Crippen molar-refractivity contribution < 1.29 is 27.4 Å². The Kier molecular flexibility index (Phi) is 6.11. The van der Waals surface area contributed by atoms with Crippen molar-refractivity contribution in [3.05, 3.63) is 34.2 Å². The number of carbonyl (C=O) groups excluding carboxylic acids is 1. The van der Waals surface area contributed by atoms with Gasteiger partial charge in [-0.1, -0.05) is 11.6 Å². The Balaban J connectivity index is 2.21. The molecule has 0 aliphatic heterocycles. The van der Waals surface area contributed by atoms with Crippen molar-refractivity contribution in [3.8, 4) is 17.2 Å². The lowest BCUT2D eigenvalue weighted by Gasteiger charge is -2.14. The van der Waals surface area contributed by atoms with E-state index in [1.54, 1.807) is 0 Å². The van der Waals surface area contributed by atoms with Crippen LogP contribution in [0.2, 0.25) is 4.34 Å². The maximum Gasteiger partial charge on any atom is 0.266 e. The molecule has 1 amide bonds. The van der Waals surface area contributed by atoms with Gasteiger partial charge in [-0.05, 0) is 24.3 Å². The van der Waals surface area contributed by atoms with E-state index in [-0.39, 0.29) is 21.3 Å². The molecule has 1 heterocycles. The summed E-state index contributed by atoms with van der Waals surface area (Å²) in [5.41, 5.74) is 2.23. The number of hydrogen-bond donors (Lipinski definition) is 2. The molecule has 2 N–H and O–H groups in total. The van der Waals surface area contributed by atoms with Gasteiger partial charge < -0.3 is 14.2 Å². The van der Waals surface area contributed by atoms with Crippen LogP contribution < -0.4 is 24.5 Å². The van der Waals surface area contributed by atoms with Gasteiger partial charge in [0.05, 0.1) is 25.7 Å². The first-order valence-electron chi connectivity index (χ1n) is 6.70. The number of hydrazine groups is 1. The summed E-state index contributed by atoms with van der Waals surface area (Å²) < 4.78 is 39.9. The Morgan fingerprint density at radius 3 is 2.12 bits per heavy atom. The fourth-order valence-corrected chi connectivity index (χ4v) is 4.21. The predicted molar refractivity (Wildman–Crippen MR) is 93.2 cm³/mol. The lowest BCUT2D eigenvalue weighted by molar-refractivity contribution is 0.0944. The van der Waals surface area contributed by atoms with Crippen LogP contribution in [0.15, 0.2) is 28.5 Å². The number of sulfonamides is 1. The molecule has 11 heteroatoms. The summed E-state index contributed by atoms with van der Waals surface area (Å²) in [7, 11) is 0.319. The normalized spacial score (nSPS) is 11.0. The second-order valence-corrected chi connectivity index (χ2v) is 8.16. The molecule has 25 heavy (non-hydrogen) atoms. The van der Waals surface area contributed by atoms with E-state index < -0.39 is 15.9 Å². The summed E-state index contributed by atoms with van der Waals surface area (Å²) in [6.45, 7) is 0. The number of nitrogens with one attached hydrogen (secondary N) is 2. The number of rotatable bonds is 7. The van der Waals surface area contributed by atoms with Gasteiger partial charge in [0.15, 0.2) is 11.5 Å². The van der Waals surface area contributed by atoms with Gasteiger partial charge in [-0.25, -0.2) is 8.42 Å². The smallest absolute Gasteiger partial charge is 0.266 e. The minimum Gasteiger partial charge on any atom is -0.493 e. The summed E-state index contributed by atoms with van der Waals surface area (Å²) >= 11 is 6.59. The molecule has 0 saturated heterocycles. The zero-order chi connectivity index (χ0) is 18.6. The Morgan fingerprint density at radius 2 is 1.68 bits per heavy atom. The molecular formula is C14H15ClN2O6S2. The van der Waals surface area contributed by atoms with E-state index in [1.165, 1.54) is 45.6 Å². The van der Waals surface area contributed by atoms with Crippen LogP contribution in [-0.2, 0) is 10.0 Å². The first-order valence-corrected chi connectivity index (χ1v) is 9.37. The summed E-state index contributed by atoms with van der Waals surface area (Å²) in [5.74, 6) is 0.139. The fraction of sp³-hybridized carbons (Fsp3) is 0.214. The SMILES string of the molecule is COc1cc(C(=O)NNS(=O)(=O)c2ccc(Cl)s2)cc(OC)c1OC. The highest BCUT2D eigenvalue weighted by molar-refractivity contribution is 7.91. The first-order chi connectivity index (χ1) is 11.8. The highest BCUT2D eigenvalue weighted by atomic mass is 35.5. The molecule has 2 aromatic rings. The Bertz CT molecular complexity index is 856. The molecule has 8 nitrogen and oxygen atoms in total. The van der Waals surface area contributed by atoms with Crippen LogP contribution in [0, 0.1) is 0 Å². The van der Waals surface area contributed by atoms with E-state index in [0.29, 0.717) is 10.1 Å². The van der Waals surface area contributed by atoms with Crippen LogP contribution in [0.25, 0.3) is 0 Å². The minimum atomic E-state index is -3.92. The summed E-state index contributed by atoms with van der Waals surface area (Å²) in [5, 5.41) is 0. The fourth-order valence-electron chi connectivity index (χ4n) is 1.89. The summed E-state index contributed by atoms with van der Waals surface area (Å²) in [4.78, 5) is 14.3. The van der Waals surface area contributed by atoms with E-state index in [0.717, 1.165) is 11.3 Å². The van der Waals surface area contributed by atoms with Crippen molar-refractivity contribution in [1.82, 2.24) is 10.3 Å². The Morgan fingerprint density at radius 1 is 1.08 bits per heavy atom. The van der Waals surface area contributed by atoms with Crippen molar-refractivity contribution in [2.24, 2.45) is 0 Å². The topological polar surface area (TPSA) is 103 Å². The molecule has 0 spiro atoms. The number of methoxy groups -OCH3 is 3. The summed E-state index contributed by atoms with van der Waals surface area (Å²) in [6.07, 6.45) is 0. The van der Waals surface area contributed by atoms with Gasteiger partial charge in [0, 0.05) is 5.56 Å². The third kappa shape index (κ3) is 4.34. The second kappa shape index (κ2) is 7.91. The molecule has 0 bridgehead atoms.